The molecule has 3 rings (SSSR count). The van der Waals surface area contributed by atoms with Crippen LogP contribution in [0.15, 0.2) is 36.4 Å². The zero-order valence-electron chi connectivity index (χ0n) is 15.3. The summed E-state index contributed by atoms with van der Waals surface area (Å²) in [4.78, 5) is 12.0. The van der Waals surface area contributed by atoms with Crippen LogP contribution in [0, 0.1) is 5.41 Å². The van der Waals surface area contributed by atoms with E-state index in [1.165, 1.54) is 24.0 Å². The van der Waals surface area contributed by atoms with Gasteiger partial charge >= 0.3 is 0 Å². The summed E-state index contributed by atoms with van der Waals surface area (Å²) in [6.07, 6.45) is 4.65. The molecule has 2 aromatic carbocycles. The second kappa shape index (κ2) is 6.79. The van der Waals surface area contributed by atoms with Crippen LogP contribution < -0.4 is 16.4 Å². The number of fused-ring (bicyclic) bond motifs is 1. The Morgan fingerprint density at radius 1 is 0.960 bits per heavy atom. The zero-order chi connectivity index (χ0) is 18.0. The van der Waals surface area contributed by atoms with Crippen LogP contribution >= 0.6 is 0 Å². The fraction of sp³-hybridized carbons (Fsp3) is 0.381. The number of carbonyl (C=O) groups is 1. The Labute approximate surface area is 149 Å². The first-order valence-electron chi connectivity index (χ1n) is 8.93. The molecule has 25 heavy (non-hydrogen) atoms. The van der Waals surface area contributed by atoms with E-state index >= 15 is 0 Å². The van der Waals surface area contributed by atoms with E-state index in [1.807, 2.05) is 45.0 Å². The van der Waals surface area contributed by atoms with E-state index in [1.54, 1.807) is 0 Å². The van der Waals surface area contributed by atoms with Crippen molar-refractivity contribution in [3.8, 4) is 0 Å². The predicted molar refractivity (Wildman–Crippen MR) is 105 cm³/mol. The third kappa shape index (κ3) is 3.95. The lowest BCUT2D eigenvalue weighted by Crippen LogP contribution is -2.27. The Hall–Kier alpha value is -2.49. The largest absolute Gasteiger partial charge is 0.397 e. The number of aryl methyl sites for hydroxylation is 1. The van der Waals surface area contributed by atoms with Gasteiger partial charge in [-0.05, 0) is 67.1 Å². The van der Waals surface area contributed by atoms with Gasteiger partial charge in [0.1, 0.15) is 0 Å². The normalized spacial score (nSPS) is 13.9. The minimum Gasteiger partial charge on any atom is -0.397 e. The number of carbonyl (C=O) groups excluding carboxylic acids is 1. The molecule has 0 saturated carbocycles. The standard InChI is InChI=1S/C21H27N3O/c1-21(2,3)20(25)24-16-11-9-15(10-12-16)23-18-13-8-14-6-4-5-7-17(14)19(18)22/h8-13,23H,4-7,22H2,1-3H3,(H,24,25). The molecule has 1 aliphatic rings. The lowest BCUT2D eigenvalue weighted by Gasteiger charge is -2.21. The third-order valence-corrected chi connectivity index (χ3v) is 4.68. The van der Waals surface area contributed by atoms with Crippen LogP contribution in [0.4, 0.5) is 22.7 Å². The van der Waals surface area contributed by atoms with Gasteiger partial charge < -0.3 is 16.4 Å². The molecule has 2 aromatic rings. The van der Waals surface area contributed by atoms with Crippen LogP contribution in [0.25, 0.3) is 0 Å². The Balaban J connectivity index is 1.73. The van der Waals surface area contributed by atoms with Crippen molar-refractivity contribution in [2.24, 2.45) is 5.41 Å². The maximum Gasteiger partial charge on any atom is 0.229 e. The maximum absolute atomic E-state index is 12.0. The molecule has 0 spiro atoms. The molecular weight excluding hydrogens is 310 g/mol. The van der Waals surface area contributed by atoms with Gasteiger partial charge in [0.15, 0.2) is 0 Å². The molecule has 0 aliphatic heterocycles. The van der Waals surface area contributed by atoms with Gasteiger partial charge in [-0.3, -0.25) is 4.79 Å². The highest BCUT2D eigenvalue weighted by Crippen LogP contribution is 2.33. The van der Waals surface area contributed by atoms with Gasteiger partial charge in [0.2, 0.25) is 5.91 Å². The van der Waals surface area contributed by atoms with E-state index < -0.39 is 5.41 Å². The lowest BCUT2D eigenvalue weighted by molar-refractivity contribution is -0.123. The molecule has 0 saturated heterocycles. The highest BCUT2D eigenvalue weighted by Gasteiger charge is 2.21. The summed E-state index contributed by atoms with van der Waals surface area (Å²) in [6, 6.07) is 12.0. The van der Waals surface area contributed by atoms with Crippen molar-refractivity contribution in [1.82, 2.24) is 0 Å². The Kier molecular flexibility index (Phi) is 4.71. The van der Waals surface area contributed by atoms with E-state index in [4.69, 9.17) is 5.73 Å². The molecule has 0 heterocycles. The van der Waals surface area contributed by atoms with Crippen molar-refractivity contribution in [3.63, 3.8) is 0 Å². The summed E-state index contributed by atoms with van der Waals surface area (Å²) in [5, 5.41) is 6.33. The van der Waals surface area contributed by atoms with Crippen LogP contribution in [0.5, 0.6) is 0 Å². The number of benzene rings is 2. The molecule has 1 amide bonds. The Morgan fingerprint density at radius 3 is 2.28 bits per heavy atom. The highest BCUT2D eigenvalue weighted by molar-refractivity contribution is 5.94. The number of anilines is 4. The van der Waals surface area contributed by atoms with Crippen molar-refractivity contribution in [1.29, 1.82) is 0 Å². The second-order valence-electron chi connectivity index (χ2n) is 7.78. The molecule has 0 fully saturated rings. The number of nitrogens with two attached hydrogens (primary N) is 1. The molecule has 0 unspecified atom stereocenters. The fourth-order valence-electron chi connectivity index (χ4n) is 3.08. The van der Waals surface area contributed by atoms with Crippen LogP contribution in [0.3, 0.4) is 0 Å². The van der Waals surface area contributed by atoms with Gasteiger partial charge in [0.05, 0.1) is 11.4 Å². The molecule has 0 radical (unpaired) electrons. The number of nitrogen functional groups attached to an aromatic ring is 1. The summed E-state index contributed by atoms with van der Waals surface area (Å²) in [7, 11) is 0. The molecule has 1 aliphatic carbocycles. The monoisotopic (exact) mass is 337 g/mol. The van der Waals surface area contributed by atoms with Gasteiger partial charge in [-0.2, -0.15) is 0 Å². The second-order valence-corrected chi connectivity index (χ2v) is 7.78. The van der Waals surface area contributed by atoms with Gasteiger partial charge in [-0.25, -0.2) is 0 Å². The van der Waals surface area contributed by atoms with Crippen molar-refractivity contribution in [2.45, 2.75) is 46.5 Å². The molecule has 0 atom stereocenters. The molecular formula is C21H27N3O. The summed E-state index contributed by atoms with van der Waals surface area (Å²) < 4.78 is 0. The van der Waals surface area contributed by atoms with E-state index in [2.05, 4.69) is 22.8 Å². The van der Waals surface area contributed by atoms with Crippen LogP contribution in [0.1, 0.15) is 44.7 Å². The van der Waals surface area contributed by atoms with Crippen molar-refractivity contribution in [3.05, 3.63) is 47.5 Å². The minimum atomic E-state index is -0.408. The highest BCUT2D eigenvalue weighted by atomic mass is 16.2. The first-order valence-corrected chi connectivity index (χ1v) is 8.93. The first kappa shape index (κ1) is 17.3. The maximum atomic E-state index is 12.0. The Bertz CT molecular complexity index is 773. The molecule has 4 N–H and O–H groups in total. The topological polar surface area (TPSA) is 67.2 Å². The predicted octanol–water partition coefficient (Wildman–Crippen LogP) is 4.88. The van der Waals surface area contributed by atoms with Gasteiger partial charge in [0, 0.05) is 16.8 Å². The van der Waals surface area contributed by atoms with E-state index in [0.29, 0.717) is 0 Å². The fourth-order valence-corrected chi connectivity index (χ4v) is 3.08. The minimum absolute atomic E-state index is 0.00661. The smallest absolute Gasteiger partial charge is 0.229 e. The summed E-state index contributed by atoms with van der Waals surface area (Å²) in [5.74, 6) is 0.00661. The van der Waals surface area contributed by atoms with Gasteiger partial charge in [-0.1, -0.05) is 26.8 Å². The SMILES string of the molecule is CC(C)(C)C(=O)Nc1ccc(Nc2ccc3c(c2N)CCCC3)cc1. The van der Waals surface area contributed by atoms with Crippen molar-refractivity contribution >= 4 is 28.7 Å². The average molecular weight is 337 g/mol. The number of hydrogen-bond acceptors (Lipinski definition) is 3. The van der Waals surface area contributed by atoms with E-state index in [-0.39, 0.29) is 5.91 Å². The molecule has 132 valence electrons. The van der Waals surface area contributed by atoms with Crippen molar-refractivity contribution in [2.75, 3.05) is 16.4 Å². The number of amides is 1. The summed E-state index contributed by atoms with van der Waals surface area (Å²) >= 11 is 0. The molecule has 0 aromatic heterocycles. The van der Waals surface area contributed by atoms with Gasteiger partial charge in [-0.15, -0.1) is 0 Å². The van der Waals surface area contributed by atoms with Gasteiger partial charge in [0.25, 0.3) is 0 Å². The third-order valence-electron chi connectivity index (χ3n) is 4.68. The molecule has 4 nitrogen and oxygen atoms in total. The van der Waals surface area contributed by atoms with Crippen molar-refractivity contribution < 1.29 is 4.79 Å². The Morgan fingerprint density at radius 2 is 1.60 bits per heavy atom. The first-order chi connectivity index (χ1) is 11.8. The van der Waals surface area contributed by atoms with Crippen LogP contribution in [0.2, 0.25) is 0 Å². The van der Waals surface area contributed by atoms with Crippen LogP contribution in [-0.2, 0) is 17.6 Å². The van der Waals surface area contributed by atoms with E-state index in [0.717, 1.165) is 35.6 Å². The summed E-state index contributed by atoms with van der Waals surface area (Å²) in [5.41, 5.74) is 12.2. The number of nitrogens with one attached hydrogen (secondary N) is 2. The molecule has 4 heteroatoms. The quantitative estimate of drug-likeness (QED) is 0.700. The van der Waals surface area contributed by atoms with Crippen LogP contribution in [-0.4, -0.2) is 5.91 Å². The zero-order valence-corrected chi connectivity index (χ0v) is 15.3. The van der Waals surface area contributed by atoms with E-state index in [9.17, 15) is 4.79 Å². The average Bonchev–Trinajstić information content (AvgIpc) is 2.58. The number of hydrogen-bond donors (Lipinski definition) is 3. The lowest BCUT2D eigenvalue weighted by atomic mass is 9.90. The number of rotatable bonds is 3. The molecule has 0 bridgehead atoms. The summed E-state index contributed by atoms with van der Waals surface area (Å²) in [6.45, 7) is 5.70.